The Bertz CT molecular complexity index is 192. The van der Waals surface area contributed by atoms with E-state index in [1.807, 2.05) is 0 Å². The van der Waals surface area contributed by atoms with Gasteiger partial charge in [-0.25, -0.2) is 0 Å². The SMILES string of the molecule is Cl.Cl.Cl.Cl.Cl.Cl.NCCCNCCN(CCNCCCN)CCNCCCN. The van der Waals surface area contributed by atoms with Crippen molar-refractivity contribution in [1.82, 2.24) is 20.9 Å². The van der Waals surface area contributed by atoms with E-state index in [9.17, 15) is 0 Å². The molecule has 182 valence electrons. The first kappa shape index (κ1) is 47.3. The largest absolute Gasteiger partial charge is 0.330 e. The smallest absolute Gasteiger partial charge is 0.0108 e. The van der Waals surface area contributed by atoms with E-state index in [0.717, 1.165) is 97.8 Å². The van der Waals surface area contributed by atoms with Gasteiger partial charge in [0.1, 0.15) is 0 Å². The van der Waals surface area contributed by atoms with Crippen molar-refractivity contribution >= 4 is 74.4 Å². The Morgan fingerprint density at radius 1 is 0.429 bits per heavy atom. The Morgan fingerprint density at radius 3 is 0.893 bits per heavy atom. The molecule has 0 bridgehead atoms. The molecule has 0 aromatic carbocycles. The van der Waals surface area contributed by atoms with E-state index < -0.39 is 0 Å². The zero-order valence-corrected chi connectivity index (χ0v) is 21.6. The van der Waals surface area contributed by atoms with Crippen LogP contribution >= 0.6 is 74.4 Å². The van der Waals surface area contributed by atoms with Crippen molar-refractivity contribution in [1.29, 1.82) is 0 Å². The van der Waals surface area contributed by atoms with Gasteiger partial charge in [-0.05, 0) is 58.5 Å². The van der Waals surface area contributed by atoms with Gasteiger partial charge in [0.05, 0.1) is 0 Å². The molecule has 13 heteroatoms. The van der Waals surface area contributed by atoms with Gasteiger partial charge in [-0.15, -0.1) is 74.4 Å². The average molecular weight is 536 g/mol. The van der Waals surface area contributed by atoms with Crippen molar-refractivity contribution in [2.45, 2.75) is 19.3 Å². The highest BCUT2D eigenvalue weighted by Crippen LogP contribution is 1.87. The van der Waals surface area contributed by atoms with Gasteiger partial charge in [0.2, 0.25) is 0 Å². The maximum Gasteiger partial charge on any atom is 0.0108 e. The fraction of sp³-hybridized carbons (Fsp3) is 1.00. The number of nitrogens with two attached hydrogens (primary N) is 3. The molecular weight excluding hydrogens is 491 g/mol. The van der Waals surface area contributed by atoms with Gasteiger partial charge in [-0.3, -0.25) is 4.90 Å². The molecule has 7 nitrogen and oxygen atoms in total. The number of halogens is 6. The van der Waals surface area contributed by atoms with Gasteiger partial charge in [0.15, 0.2) is 0 Å². The number of hydrogen-bond donors (Lipinski definition) is 6. The van der Waals surface area contributed by atoms with Crippen molar-refractivity contribution in [3.8, 4) is 0 Å². The van der Waals surface area contributed by atoms with Crippen molar-refractivity contribution in [3.63, 3.8) is 0 Å². The number of hydrogen-bond acceptors (Lipinski definition) is 7. The van der Waals surface area contributed by atoms with Gasteiger partial charge in [-0.1, -0.05) is 0 Å². The second kappa shape index (κ2) is 42.5. The molecule has 0 heterocycles. The Balaban J connectivity index is -0.000000147. The highest BCUT2D eigenvalue weighted by atomic mass is 35.5. The Kier molecular flexibility index (Phi) is 71.9. The molecule has 0 fully saturated rings. The molecular formula is C15H45Cl6N7. The van der Waals surface area contributed by atoms with E-state index in [1.165, 1.54) is 0 Å². The summed E-state index contributed by atoms with van der Waals surface area (Å²) >= 11 is 0. The van der Waals surface area contributed by atoms with Gasteiger partial charge < -0.3 is 33.2 Å². The van der Waals surface area contributed by atoms with Crippen molar-refractivity contribution in [3.05, 3.63) is 0 Å². The molecule has 28 heavy (non-hydrogen) atoms. The zero-order chi connectivity index (χ0) is 16.3. The molecule has 0 aliphatic heterocycles. The van der Waals surface area contributed by atoms with E-state index in [-0.39, 0.29) is 74.4 Å². The van der Waals surface area contributed by atoms with E-state index in [2.05, 4.69) is 20.9 Å². The lowest BCUT2D eigenvalue weighted by molar-refractivity contribution is 0.272. The molecule has 0 aromatic rings. The van der Waals surface area contributed by atoms with Crippen molar-refractivity contribution in [2.75, 3.05) is 78.5 Å². The molecule has 0 saturated carbocycles. The normalized spacial score (nSPS) is 9.00. The summed E-state index contributed by atoms with van der Waals surface area (Å²) in [6, 6.07) is 0. The molecule has 0 rings (SSSR count). The summed E-state index contributed by atoms with van der Waals surface area (Å²) in [4.78, 5) is 2.49. The lowest BCUT2D eigenvalue weighted by Crippen LogP contribution is -2.41. The summed E-state index contributed by atoms with van der Waals surface area (Å²) < 4.78 is 0. The molecule has 0 aliphatic carbocycles. The minimum absolute atomic E-state index is 0. The topological polar surface area (TPSA) is 117 Å². The summed E-state index contributed by atoms with van der Waals surface area (Å²) in [6.07, 6.45) is 3.13. The zero-order valence-electron chi connectivity index (χ0n) is 16.7. The van der Waals surface area contributed by atoms with Crippen LogP contribution in [0.15, 0.2) is 0 Å². The predicted molar refractivity (Wildman–Crippen MR) is 140 cm³/mol. The second-order valence-corrected chi connectivity index (χ2v) is 5.52. The Hall–Kier alpha value is 1.46. The summed E-state index contributed by atoms with van der Waals surface area (Å²) in [5.41, 5.74) is 16.5. The van der Waals surface area contributed by atoms with Crippen LogP contribution in [0.2, 0.25) is 0 Å². The van der Waals surface area contributed by atoms with Gasteiger partial charge >= 0.3 is 0 Å². The molecule has 0 aliphatic rings. The maximum atomic E-state index is 5.50. The third-order valence-electron chi connectivity index (χ3n) is 3.49. The quantitative estimate of drug-likeness (QED) is 0.143. The van der Waals surface area contributed by atoms with Crippen LogP contribution < -0.4 is 33.2 Å². The van der Waals surface area contributed by atoms with Crippen LogP contribution in [0.5, 0.6) is 0 Å². The standard InChI is InChI=1S/C15H39N7.6ClH/c16-4-1-7-19-10-13-22(14-11-20-8-2-5-17)15-12-21-9-3-6-18;;;;;;/h19-21H,1-18H2;6*1H. The molecule has 0 amide bonds. The summed E-state index contributed by atoms with van der Waals surface area (Å²) in [7, 11) is 0. The molecule has 0 unspecified atom stereocenters. The van der Waals surface area contributed by atoms with Gasteiger partial charge in [-0.2, -0.15) is 0 Å². The summed E-state index contributed by atoms with van der Waals surface area (Å²) in [5.74, 6) is 0. The number of nitrogens with zero attached hydrogens (tertiary/aromatic N) is 1. The first-order chi connectivity index (χ1) is 10.8. The van der Waals surface area contributed by atoms with Crippen LogP contribution in [0.1, 0.15) is 19.3 Å². The molecule has 9 N–H and O–H groups in total. The van der Waals surface area contributed by atoms with Crippen LogP contribution in [0.25, 0.3) is 0 Å². The maximum absolute atomic E-state index is 5.50. The predicted octanol–water partition coefficient (Wildman–Crippen LogP) is 0.634. The third-order valence-corrected chi connectivity index (χ3v) is 3.49. The van der Waals surface area contributed by atoms with Gasteiger partial charge in [0.25, 0.3) is 0 Å². The minimum Gasteiger partial charge on any atom is -0.330 e. The fourth-order valence-corrected chi connectivity index (χ4v) is 2.10. The third kappa shape index (κ3) is 38.1. The average Bonchev–Trinajstić information content (AvgIpc) is 2.53. The van der Waals surface area contributed by atoms with Crippen molar-refractivity contribution in [2.24, 2.45) is 17.2 Å². The molecule has 0 saturated heterocycles. The fourth-order valence-electron chi connectivity index (χ4n) is 2.10. The monoisotopic (exact) mass is 533 g/mol. The van der Waals surface area contributed by atoms with Crippen LogP contribution in [0, 0.1) is 0 Å². The van der Waals surface area contributed by atoms with E-state index >= 15 is 0 Å². The van der Waals surface area contributed by atoms with Gasteiger partial charge in [0, 0.05) is 39.3 Å². The molecule has 0 radical (unpaired) electrons. The number of nitrogens with one attached hydrogen (secondary N) is 3. The van der Waals surface area contributed by atoms with Crippen LogP contribution in [0.4, 0.5) is 0 Å². The lowest BCUT2D eigenvalue weighted by atomic mass is 10.3. The van der Waals surface area contributed by atoms with Crippen LogP contribution in [0.3, 0.4) is 0 Å². The summed E-state index contributed by atoms with van der Waals surface area (Å²) in [6.45, 7) is 11.6. The highest BCUT2D eigenvalue weighted by molar-refractivity contribution is 5.86. The summed E-state index contributed by atoms with van der Waals surface area (Å²) in [5, 5.41) is 10.3. The minimum atomic E-state index is 0. The van der Waals surface area contributed by atoms with E-state index in [1.54, 1.807) is 0 Å². The van der Waals surface area contributed by atoms with Crippen molar-refractivity contribution < 1.29 is 0 Å². The van der Waals surface area contributed by atoms with Crippen LogP contribution in [-0.2, 0) is 0 Å². The first-order valence-electron chi connectivity index (χ1n) is 8.79. The molecule has 0 atom stereocenters. The van der Waals surface area contributed by atoms with Crippen LogP contribution in [-0.4, -0.2) is 83.4 Å². The number of rotatable bonds is 18. The molecule has 0 spiro atoms. The highest BCUT2D eigenvalue weighted by Gasteiger charge is 2.03. The second-order valence-electron chi connectivity index (χ2n) is 5.52. The first-order valence-corrected chi connectivity index (χ1v) is 8.79. The van der Waals surface area contributed by atoms with E-state index in [0.29, 0.717) is 0 Å². The Labute approximate surface area is 209 Å². The van der Waals surface area contributed by atoms with E-state index in [4.69, 9.17) is 17.2 Å². The Morgan fingerprint density at radius 2 is 0.679 bits per heavy atom. The lowest BCUT2D eigenvalue weighted by Gasteiger charge is -2.23. The molecule has 0 aromatic heterocycles.